The van der Waals surface area contributed by atoms with Crippen LogP contribution in [-0.2, 0) is 23.8 Å². The first-order valence-electron chi connectivity index (χ1n) is 6.06. The Hall–Kier alpha value is -1.40. The second kappa shape index (κ2) is 8.66. The molecule has 110 valence electrons. The van der Waals surface area contributed by atoms with Gasteiger partial charge < -0.3 is 19.3 Å². The summed E-state index contributed by atoms with van der Waals surface area (Å²) in [6.07, 6.45) is 0.387. The van der Waals surface area contributed by atoms with Crippen molar-refractivity contribution >= 4 is 11.9 Å². The molecular weight excluding hydrogens is 252 g/mol. The number of ether oxygens (including phenoxy) is 3. The molecule has 0 unspecified atom stereocenters. The fourth-order valence-electron chi connectivity index (χ4n) is 1.02. The molecule has 0 aromatic rings. The summed E-state index contributed by atoms with van der Waals surface area (Å²) < 4.78 is 15.1. The fourth-order valence-corrected chi connectivity index (χ4v) is 1.02. The minimum Gasteiger partial charge on any atom is -0.463 e. The minimum absolute atomic E-state index is 0.0363. The highest BCUT2D eigenvalue weighted by molar-refractivity contribution is 5.86. The lowest BCUT2D eigenvalue weighted by molar-refractivity contribution is -0.170. The summed E-state index contributed by atoms with van der Waals surface area (Å²) in [5.41, 5.74) is -0.812. The summed E-state index contributed by atoms with van der Waals surface area (Å²) in [4.78, 5) is 22.7. The summed E-state index contributed by atoms with van der Waals surface area (Å²) in [6, 6.07) is 0. The molecule has 0 bridgehead atoms. The van der Waals surface area contributed by atoms with Gasteiger partial charge in [0.05, 0.1) is 13.2 Å². The molecule has 0 heterocycles. The Morgan fingerprint density at radius 3 is 2.32 bits per heavy atom. The molecule has 0 fully saturated rings. The van der Waals surface area contributed by atoms with Crippen LogP contribution in [0, 0.1) is 0 Å². The standard InChI is InChI=1S/C13H22O6/c1-10(2)11(15)17-8-9-19-13(3,4)12(16)18-7-5-6-14/h14H,1,5-9H2,2-4H3. The maximum absolute atomic E-state index is 11.6. The van der Waals surface area contributed by atoms with Crippen LogP contribution in [0.3, 0.4) is 0 Å². The summed E-state index contributed by atoms with van der Waals surface area (Å²) in [6.45, 7) is 8.35. The first-order valence-corrected chi connectivity index (χ1v) is 6.06. The third-order valence-corrected chi connectivity index (χ3v) is 2.16. The highest BCUT2D eigenvalue weighted by atomic mass is 16.6. The number of hydrogen-bond acceptors (Lipinski definition) is 6. The van der Waals surface area contributed by atoms with Gasteiger partial charge in [0.15, 0.2) is 5.60 Å². The second-order valence-electron chi connectivity index (χ2n) is 4.49. The number of carbonyl (C=O) groups excluding carboxylic acids is 2. The van der Waals surface area contributed by atoms with Gasteiger partial charge in [0, 0.05) is 18.6 Å². The van der Waals surface area contributed by atoms with Crippen LogP contribution in [0.5, 0.6) is 0 Å². The van der Waals surface area contributed by atoms with Crippen molar-refractivity contribution in [1.29, 1.82) is 0 Å². The molecule has 0 aliphatic rings. The first-order chi connectivity index (χ1) is 8.81. The average Bonchev–Trinajstić information content (AvgIpc) is 2.34. The van der Waals surface area contributed by atoms with E-state index in [1.807, 2.05) is 0 Å². The molecule has 0 aromatic heterocycles. The van der Waals surface area contributed by atoms with Crippen molar-refractivity contribution in [3.63, 3.8) is 0 Å². The Morgan fingerprint density at radius 1 is 1.16 bits per heavy atom. The average molecular weight is 274 g/mol. The van der Waals surface area contributed by atoms with Crippen molar-refractivity contribution < 1.29 is 28.9 Å². The third-order valence-electron chi connectivity index (χ3n) is 2.16. The van der Waals surface area contributed by atoms with Crippen LogP contribution >= 0.6 is 0 Å². The predicted octanol–water partition coefficient (Wildman–Crippen LogP) is 0.827. The molecule has 0 rings (SSSR count). The third kappa shape index (κ3) is 7.58. The number of aliphatic hydroxyl groups is 1. The quantitative estimate of drug-likeness (QED) is 0.381. The van der Waals surface area contributed by atoms with Gasteiger partial charge in [-0.3, -0.25) is 0 Å². The fraction of sp³-hybridized carbons (Fsp3) is 0.692. The zero-order chi connectivity index (χ0) is 14.9. The maximum atomic E-state index is 11.6. The van der Waals surface area contributed by atoms with E-state index in [-0.39, 0.29) is 26.4 Å². The summed E-state index contributed by atoms with van der Waals surface area (Å²) in [5.74, 6) is -1.01. The molecular formula is C13H22O6. The van der Waals surface area contributed by atoms with Crippen LogP contribution in [0.1, 0.15) is 27.2 Å². The molecule has 0 amide bonds. The van der Waals surface area contributed by atoms with Crippen LogP contribution in [0.2, 0.25) is 0 Å². The van der Waals surface area contributed by atoms with E-state index in [4.69, 9.17) is 19.3 Å². The minimum atomic E-state index is -1.12. The molecule has 1 N–H and O–H groups in total. The van der Waals surface area contributed by atoms with E-state index in [1.54, 1.807) is 20.8 Å². The van der Waals surface area contributed by atoms with E-state index in [0.29, 0.717) is 12.0 Å². The number of esters is 2. The van der Waals surface area contributed by atoms with Crippen molar-refractivity contribution in [2.45, 2.75) is 32.8 Å². The first kappa shape index (κ1) is 17.6. The molecule has 0 aliphatic heterocycles. The van der Waals surface area contributed by atoms with Crippen molar-refractivity contribution in [3.8, 4) is 0 Å². The Bertz CT molecular complexity index is 321. The number of hydrogen-bond donors (Lipinski definition) is 1. The maximum Gasteiger partial charge on any atom is 0.337 e. The summed E-state index contributed by atoms with van der Waals surface area (Å²) in [5, 5.41) is 8.57. The summed E-state index contributed by atoms with van der Waals surface area (Å²) in [7, 11) is 0. The number of rotatable bonds is 9. The Morgan fingerprint density at radius 2 is 1.79 bits per heavy atom. The molecule has 6 heteroatoms. The van der Waals surface area contributed by atoms with Gasteiger partial charge in [-0.15, -0.1) is 0 Å². The Labute approximate surface area is 113 Å². The molecule has 0 aliphatic carbocycles. The topological polar surface area (TPSA) is 82.1 Å². The molecule has 0 saturated carbocycles. The van der Waals surface area contributed by atoms with E-state index in [1.165, 1.54) is 0 Å². The Kier molecular flexibility index (Phi) is 8.02. The number of aliphatic hydroxyl groups excluding tert-OH is 1. The highest BCUT2D eigenvalue weighted by Crippen LogP contribution is 2.11. The van der Waals surface area contributed by atoms with Gasteiger partial charge >= 0.3 is 11.9 Å². The van der Waals surface area contributed by atoms with E-state index in [2.05, 4.69) is 6.58 Å². The van der Waals surface area contributed by atoms with Crippen LogP contribution in [0.4, 0.5) is 0 Å². The van der Waals surface area contributed by atoms with Crippen LogP contribution in [-0.4, -0.2) is 49.1 Å². The van der Waals surface area contributed by atoms with Crippen molar-refractivity contribution in [1.82, 2.24) is 0 Å². The van der Waals surface area contributed by atoms with Crippen molar-refractivity contribution in [2.75, 3.05) is 26.4 Å². The lowest BCUT2D eigenvalue weighted by Crippen LogP contribution is -2.38. The normalized spacial score (nSPS) is 10.9. The number of carbonyl (C=O) groups is 2. The molecule has 0 atom stereocenters. The zero-order valence-electron chi connectivity index (χ0n) is 11.7. The lowest BCUT2D eigenvalue weighted by atomic mass is 10.1. The van der Waals surface area contributed by atoms with Gasteiger partial charge in [-0.1, -0.05) is 6.58 Å². The molecule has 0 saturated heterocycles. The SMILES string of the molecule is C=C(C)C(=O)OCCOC(C)(C)C(=O)OCCCO. The van der Waals surface area contributed by atoms with E-state index in [9.17, 15) is 9.59 Å². The zero-order valence-corrected chi connectivity index (χ0v) is 11.7. The second-order valence-corrected chi connectivity index (χ2v) is 4.49. The van der Waals surface area contributed by atoms with Gasteiger partial charge in [0.1, 0.15) is 6.61 Å². The van der Waals surface area contributed by atoms with Gasteiger partial charge in [-0.2, -0.15) is 0 Å². The molecule has 0 radical (unpaired) electrons. The molecule has 6 nitrogen and oxygen atoms in total. The largest absolute Gasteiger partial charge is 0.463 e. The van der Waals surface area contributed by atoms with Gasteiger partial charge in [-0.05, 0) is 20.8 Å². The molecule has 0 spiro atoms. The van der Waals surface area contributed by atoms with E-state index in [0.717, 1.165) is 0 Å². The van der Waals surface area contributed by atoms with Crippen LogP contribution in [0.15, 0.2) is 12.2 Å². The van der Waals surface area contributed by atoms with Crippen molar-refractivity contribution in [2.24, 2.45) is 0 Å². The van der Waals surface area contributed by atoms with E-state index >= 15 is 0 Å². The van der Waals surface area contributed by atoms with Crippen LogP contribution < -0.4 is 0 Å². The predicted molar refractivity (Wildman–Crippen MR) is 68.5 cm³/mol. The lowest BCUT2D eigenvalue weighted by Gasteiger charge is -2.23. The molecule has 0 aromatic carbocycles. The Balaban J connectivity index is 3.92. The monoisotopic (exact) mass is 274 g/mol. The highest BCUT2D eigenvalue weighted by Gasteiger charge is 2.30. The molecule has 19 heavy (non-hydrogen) atoms. The summed E-state index contributed by atoms with van der Waals surface area (Å²) >= 11 is 0. The van der Waals surface area contributed by atoms with E-state index < -0.39 is 17.5 Å². The smallest absolute Gasteiger partial charge is 0.337 e. The van der Waals surface area contributed by atoms with Crippen molar-refractivity contribution in [3.05, 3.63) is 12.2 Å². The van der Waals surface area contributed by atoms with Gasteiger partial charge in [0.2, 0.25) is 0 Å². The van der Waals surface area contributed by atoms with Gasteiger partial charge in [0.25, 0.3) is 0 Å². The van der Waals surface area contributed by atoms with Crippen LogP contribution in [0.25, 0.3) is 0 Å². The van der Waals surface area contributed by atoms with Gasteiger partial charge in [-0.25, -0.2) is 9.59 Å².